The van der Waals surface area contributed by atoms with Gasteiger partial charge in [-0.05, 0) is 0 Å². The van der Waals surface area contributed by atoms with Crippen LogP contribution in [-0.4, -0.2) is 25.7 Å². The Balaban J connectivity index is 2.43. The molecule has 0 aromatic rings. The van der Waals surface area contributed by atoms with E-state index in [4.69, 9.17) is 0 Å². The van der Waals surface area contributed by atoms with Gasteiger partial charge in [0.1, 0.15) is 0 Å². The zero-order valence-corrected chi connectivity index (χ0v) is 7.95. The number of hydrogen-bond donors (Lipinski definition) is 1. The van der Waals surface area contributed by atoms with Crippen LogP contribution in [-0.2, 0) is 8.57 Å². The number of carbonyl (C=O) groups is 1. The van der Waals surface area contributed by atoms with E-state index in [0.717, 1.165) is 25.8 Å². The zero-order chi connectivity index (χ0) is 7.40. The molecular formula is C6H11GeNO2. The van der Waals surface area contributed by atoms with Crippen molar-refractivity contribution in [1.29, 1.82) is 0 Å². The molecule has 0 aromatic carbocycles. The normalized spacial score (nSPS) is 21.2. The predicted octanol–water partition coefficient (Wildman–Crippen LogP) is 0.177. The molecule has 0 saturated carbocycles. The second kappa shape index (κ2) is 3.86. The Morgan fingerprint density at radius 2 is 2.10 bits per heavy atom. The van der Waals surface area contributed by atoms with Crippen LogP contribution in [0.1, 0.15) is 25.7 Å². The molecule has 1 aliphatic rings. The van der Waals surface area contributed by atoms with E-state index in [1.54, 1.807) is 0 Å². The van der Waals surface area contributed by atoms with Crippen LogP contribution in [0.5, 0.6) is 0 Å². The van der Waals surface area contributed by atoms with Gasteiger partial charge in [0.05, 0.1) is 0 Å². The maximum atomic E-state index is 11.0. The van der Waals surface area contributed by atoms with Crippen molar-refractivity contribution in [2.24, 2.45) is 0 Å². The van der Waals surface area contributed by atoms with Crippen LogP contribution in [0.4, 0.5) is 0 Å². The molecule has 0 bridgehead atoms. The molecule has 1 heterocycles. The minimum atomic E-state index is -2.65. The van der Waals surface area contributed by atoms with E-state index >= 15 is 0 Å². The van der Waals surface area contributed by atoms with Crippen molar-refractivity contribution in [1.82, 2.24) is 4.27 Å². The Labute approximate surface area is 64.7 Å². The summed E-state index contributed by atoms with van der Waals surface area (Å²) in [7, 11) is 0. The molecule has 56 valence electrons. The first-order valence-corrected chi connectivity index (χ1v) is 6.57. The summed E-state index contributed by atoms with van der Waals surface area (Å²) in [6.45, 7) is 0.768. The van der Waals surface area contributed by atoms with E-state index in [1.165, 1.54) is 0 Å². The third kappa shape index (κ3) is 2.21. The third-order valence-electron chi connectivity index (χ3n) is 1.62. The van der Waals surface area contributed by atoms with Crippen LogP contribution in [0.25, 0.3) is 0 Å². The third-order valence-corrected chi connectivity index (χ3v) is 4.40. The van der Waals surface area contributed by atoms with Gasteiger partial charge >= 0.3 is 64.2 Å². The summed E-state index contributed by atoms with van der Waals surface area (Å²) >= 11 is -2.65. The van der Waals surface area contributed by atoms with Crippen LogP contribution in [0.2, 0.25) is 0 Å². The molecular weight excluding hydrogens is 191 g/mol. The van der Waals surface area contributed by atoms with Gasteiger partial charge in [0.15, 0.2) is 0 Å². The van der Waals surface area contributed by atoms with Gasteiger partial charge in [-0.25, -0.2) is 0 Å². The van der Waals surface area contributed by atoms with E-state index in [9.17, 15) is 8.57 Å². The SMILES string of the molecule is O=[C]1CCCCC[NH][Ge]1=[O]. The van der Waals surface area contributed by atoms with Crippen molar-refractivity contribution in [3.05, 3.63) is 0 Å². The Hall–Kier alpha value is -0.187. The van der Waals surface area contributed by atoms with Gasteiger partial charge in [-0.2, -0.15) is 0 Å². The first-order chi connectivity index (χ1) is 4.80. The fraction of sp³-hybridized carbons (Fsp3) is 0.833. The van der Waals surface area contributed by atoms with Gasteiger partial charge < -0.3 is 0 Å². The van der Waals surface area contributed by atoms with Crippen molar-refractivity contribution in [3.8, 4) is 0 Å². The van der Waals surface area contributed by atoms with Crippen molar-refractivity contribution < 1.29 is 8.57 Å². The van der Waals surface area contributed by atoms with Crippen LogP contribution in [0.3, 0.4) is 0 Å². The van der Waals surface area contributed by atoms with Crippen LogP contribution in [0.15, 0.2) is 0 Å². The van der Waals surface area contributed by atoms with E-state index < -0.39 is 14.5 Å². The first-order valence-electron chi connectivity index (χ1n) is 3.62. The Morgan fingerprint density at radius 1 is 1.30 bits per heavy atom. The molecule has 1 N–H and O–H groups in total. The van der Waals surface area contributed by atoms with Crippen molar-refractivity contribution in [2.75, 3.05) is 6.54 Å². The number of carbonyl (C=O) groups excluding carboxylic acids is 1. The summed E-state index contributed by atoms with van der Waals surface area (Å²) in [5.41, 5.74) is 0. The molecule has 1 fully saturated rings. The molecule has 3 nitrogen and oxygen atoms in total. The van der Waals surface area contributed by atoms with Crippen LogP contribution >= 0.6 is 0 Å². The fourth-order valence-corrected chi connectivity index (χ4v) is 3.11. The molecule has 0 aliphatic carbocycles. The molecule has 1 saturated heterocycles. The van der Waals surface area contributed by atoms with Gasteiger partial charge in [-0.15, -0.1) is 0 Å². The van der Waals surface area contributed by atoms with Crippen LogP contribution in [0, 0.1) is 0 Å². The van der Waals surface area contributed by atoms with Gasteiger partial charge in [-0.3, -0.25) is 0 Å². The van der Waals surface area contributed by atoms with E-state index in [-0.39, 0.29) is 4.62 Å². The van der Waals surface area contributed by atoms with Gasteiger partial charge in [0.25, 0.3) is 0 Å². The Kier molecular flexibility index (Phi) is 3.05. The second-order valence-corrected chi connectivity index (χ2v) is 5.78. The maximum absolute atomic E-state index is 11.0. The van der Waals surface area contributed by atoms with Crippen molar-refractivity contribution in [2.45, 2.75) is 25.7 Å². The molecule has 0 aromatic heterocycles. The minimum absolute atomic E-state index is 0.0142. The topological polar surface area (TPSA) is 46.2 Å². The van der Waals surface area contributed by atoms with Gasteiger partial charge in [-0.1, -0.05) is 0 Å². The summed E-state index contributed by atoms with van der Waals surface area (Å²) < 4.78 is 13.7. The number of rotatable bonds is 0. The quantitative estimate of drug-likeness (QED) is 0.569. The fourth-order valence-electron chi connectivity index (χ4n) is 1.00. The number of nitrogens with one attached hydrogen (secondary N) is 1. The van der Waals surface area contributed by atoms with E-state index in [0.29, 0.717) is 6.42 Å². The van der Waals surface area contributed by atoms with Gasteiger partial charge in [0, 0.05) is 0 Å². The second-order valence-electron chi connectivity index (χ2n) is 2.49. The summed E-state index contributed by atoms with van der Waals surface area (Å²) in [6.07, 6.45) is 3.61. The molecule has 1 rings (SSSR count). The Bertz CT molecular complexity index is 140. The summed E-state index contributed by atoms with van der Waals surface area (Å²) in [6, 6.07) is 0. The zero-order valence-electron chi connectivity index (χ0n) is 5.85. The molecule has 10 heavy (non-hydrogen) atoms. The molecule has 0 unspecified atom stereocenters. The molecule has 0 spiro atoms. The molecule has 0 atom stereocenters. The summed E-state index contributed by atoms with van der Waals surface area (Å²) in [4.78, 5) is 10.9. The average molecular weight is 202 g/mol. The monoisotopic (exact) mass is 203 g/mol. The summed E-state index contributed by atoms with van der Waals surface area (Å²) in [5, 5.41) is 0. The average Bonchev–Trinajstić information content (AvgIpc) is 1.92. The standard InChI is InChI=1S/C6H11GeNO2/c9-6-4-2-1-3-5-8-7(6)10/h8H,1-5H2. The van der Waals surface area contributed by atoms with Crippen molar-refractivity contribution >= 4 is 19.1 Å². The summed E-state index contributed by atoms with van der Waals surface area (Å²) in [5.74, 6) is 0. The Morgan fingerprint density at radius 3 is 2.90 bits per heavy atom. The van der Waals surface area contributed by atoms with Crippen molar-refractivity contribution in [3.63, 3.8) is 0 Å². The first kappa shape index (κ1) is 7.91. The van der Waals surface area contributed by atoms with Crippen LogP contribution < -0.4 is 4.27 Å². The molecule has 0 amide bonds. The number of hydrogen-bond acceptors (Lipinski definition) is 2. The predicted molar refractivity (Wildman–Crippen MR) is 37.9 cm³/mol. The molecule has 4 heteroatoms. The van der Waals surface area contributed by atoms with E-state index in [2.05, 4.69) is 4.27 Å². The van der Waals surface area contributed by atoms with E-state index in [1.807, 2.05) is 0 Å². The molecule has 0 radical (unpaired) electrons. The molecule has 1 aliphatic heterocycles. The van der Waals surface area contributed by atoms with Gasteiger partial charge in [0.2, 0.25) is 0 Å².